The van der Waals surface area contributed by atoms with Gasteiger partial charge < -0.3 is 42.6 Å². The zero-order valence-electron chi connectivity index (χ0n) is 21.1. The molecule has 0 spiro atoms. The molecule has 12 heteroatoms. The van der Waals surface area contributed by atoms with Crippen LogP contribution in [0, 0.1) is 0 Å². The molecule has 38 heavy (non-hydrogen) atoms. The molecule has 0 N–H and O–H groups in total. The molecule has 10 nitrogen and oxygen atoms in total. The topological polar surface area (TPSA) is 136 Å². The Kier molecular flexibility index (Phi) is 7.84. The predicted molar refractivity (Wildman–Crippen MR) is 138 cm³/mol. The van der Waals surface area contributed by atoms with Crippen LogP contribution in [0.15, 0.2) is 48.5 Å². The van der Waals surface area contributed by atoms with E-state index in [0.717, 1.165) is 4.70 Å². The van der Waals surface area contributed by atoms with Crippen molar-refractivity contribution in [2.75, 3.05) is 35.5 Å². The molecule has 0 amide bonds. The maximum absolute atomic E-state index is 14.2. The molecule has 0 aliphatic carbocycles. The van der Waals surface area contributed by atoms with Crippen molar-refractivity contribution >= 4 is 35.0 Å². The highest BCUT2D eigenvalue weighted by Gasteiger charge is 2.27. The summed E-state index contributed by atoms with van der Waals surface area (Å²) in [6.45, 7) is 0. The van der Waals surface area contributed by atoms with Crippen LogP contribution in [0.1, 0.15) is 15.9 Å². The molecular formula is C26H23O10PS-2. The zero-order valence-corrected chi connectivity index (χ0v) is 22.8. The molecular weight excluding hydrogens is 535 g/mol. The number of phosphoric ester groups is 1. The van der Waals surface area contributed by atoms with Gasteiger partial charge >= 0.3 is 0 Å². The number of fused-ring (bicyclic) bond motifs is 1. The summed E-state index contributed by atoms with van der Waals surface area (Å²) in [5, 5.41) is 0.561. The number of hydrogen-bond acceptors (Lipinski definition) is 11. The lowest BCUT2D eigenvalue weighted by atomic mass is 9.96. The second-order valence-corrected chi connectivity index (χ2v) is 9.92. The van der Waals surface area contributed by atoms with Gasteiger partial charge in [-0.3, -0.25) is 4.79 Å². The van der Waals surface area contributed by atoms with Gasteiger partial charge in [0.05, 0.1) is 41.1 Å². The van der Waals surface area contributed by atoms with Gasteiger partial charge in [-0.1, -0.05) is 6.07 Å². The maximum atomic E-state index is 14.2. The van der Waals surface area contributed by atoms with E-state index in [9.17, 15) is 19.1 Å². The van der Waals surface area contributed by atoms with E-state index in [1.807, 2.05) is 6.07 Å². The van der Waals surface area contributed by atoms with Crippen molar-refractivity contribution in [3.05, 3.63) is 59.7 Å². The molecule has 4 rings (SSSR count). The number of ketones is 1. The molecule has 0 saturated carbocycles. The summed E-state index contributed by atoms with van der Waals surface area (Å²) in [5.41, 5.74) is 0.966. The molecule has 0 radical (unpaired) electrons. The van der Waals surface area contributed by atoms with E-state index in [1.54, 1.807) is 30.3 Å². The lowest BCUT2D eigenvalue weighted by molar-refractivity contribution is -0.333. The van der Waals surface area contributed by atoms with E-state index in [2.05, 4.69) is 4.52 Å². The summed E-state index contributed by atoms with van der Waals surface area (Å²) >= 11 is 1.29. The first-order valence-electron chi connectivity index (χ1n) is 11.0. The highest BCUT2D eigenvalue weighted by atomic mass is 32.1. The van der Waals surface area contributed by atoms with Crippen molar-refractivity contribution in [2.24, 2.45) is 0 Å². The number of benzene rings is 3. The molecule has 0 aliphatic heterocycles. The fourth-order valence-corrected chi connectivity index (χ4v) is 5.67. The minimum Gasteiger partial charge on any atom is -0.780 e. The maximum Gasteiger partial charge on any atom is 0.203 e. The number of carbonyl (C=O) groups is 1. The number of carbonyl (C=O) groups excluding carboxylic acids is 1. The van der Waals surface area contributed by atoms with Crippen LogP contribution < -0.4 is 38.0 Å². The van der Waals surface area contributed by atoms with Gasteiger partial charge in [-0.25, -0.2) is 0 Å². The van der Waals surface area contributed by atoms with Crippen LogP contribution in [0.2, 0.25) is 0 Å². The summed E-state index contributed by atoms with van der Waals surface area (Å²) in [6, 6.07) is 12.9. The van der Waals surface area contributed by atoms with Crippen LogP contribution >= 0.6 is 19.2 Å². The summed E-state index contributed by atoms with van der Waals surface area (Å²) in [7, 11) is 1.78. The molecule has 1 heterocycles. The Labute approximate surface area is 222 Å². The van der Waals surface area contributed by atoms with Crippen LogP contribution in [-0.2, 0) is 4.57 Å². The van der Waals surface area contributed by atoms with Crippen molar-refractivity contribution < 1.29 is 47.4 Å². The van der Waals surface area contributed by atoms with Gasteiger partial charge in [0.2, 0.25) is 5.75 Å². The number of hydrogen-bond donors (Lipinski definition) is 0. The molecule has 1 aromatic heterocycles. The minimum absolute atomic E-state index is 0.0388. The predicted octanol–water partition coefficient (Wildman–Crippen LogP) is 4.05. The largest absolute Gasteiger partial charge is 0.780 e. The minimum atomic E-state index is -5.39. The summed E-state index contributed by atoms with van der Waals surface area (Å²) in [6.07, 6.45) is 0. The van der Waals surface area contributed by atoms with E-state index < -0.39 is 7.82 Å². The normalized spacial score (nSPS) is 11.2. The molecule has 200 valence electrons. The molecule has 0 bridgehead atoms. The quantitative estimate of drug-likeness (QED) is 0.207. The Morgan fingerprint density at radius 3 is 1.95 bits per heavy atom. The number of phosphoric acid groups is 1. The van der Waals surface area contributed by atoms with Gasteiger partial charge in [-0.15, -0.1) is 11.3 Å². The van der Waals surface area contributed by atoms with E-state index in [1.165, 1.54) is 59.0 Å². The second-order valence-electron chi connectivity index (χ2n) is 7.79. The van der Waals surface area contributed by atoms with Crippen molar-refractivity contribution in [3.8, 4) is 44.9 Å². The Bertz CT molecular complexity index is 1530. The third kappa shape index (κ3) is 5.14. The van der Waals surface area contributed by atoms with Gasteiger partial charge in [-0.2, -0.15) is 0 Å². The smallest absolute Gasteiger partial charge is 0.203 e. The van der Waals surface area contributed by atoms with Crippen LogP contribution in [0.3, 0.4) is 0 Å². The van der Waals surface area contributed by atoms with Crippen molar-refractivity contribution in [1.29, 1.82) is 0 Å². The average molecular weight is 559 g/mol. The summed E-state index contributed by atoms with van der Waals surface area (Å²) < 4.78 is 43.7. The van der Waals surface area contributed by atoms with Crippen LogP contribution in [0.5, 0.6) is 34.5 Å². The van der Waals surface area contributed by atoms with Crippen LogP contribution in [-0.4, -0.2) is 41.3 Å². The highest BCUT2D eigenvalue weighted by Crippen LogP contribution is 2.47. The van der Waals surface area contributed by atoms with Gasteiger partial charge in [0, 0.05) is 20.5 Å². The highest BCUT2D eigenvalue weighted by molar-refractivity contribution is 7.43. The first-order valence-corrected chi connectivity index (χ1v) is 13.3. The lowest BCUT2D eigenvalue weighted by Gasteiger charge is -2.29. The SMILES string of the molecule is COc1ccc(-c2sc3cccc(OC)c3c2C(=O)c2cc(OC)c(OC)c(OC)c2)cc1OP(=O)([O-])[O-]. The number of methoxy groups -OCH3 is 5. The number of ether oxygens (including phenoxy) is 5. The van der Waals surface area contributed by atoms with Crippen molar-refractivity contribution in [1.82, 2.24) is 0 Å². The van der Waals surface area contributed by atoms with E-state index in [4.69, 9.17) is 23.7 Å². The third-order valence-corrected chi connectivity index (χ3v) is 7.31. The molecule has 0 aliphatic rings. The monoisotopic (exact) mass is 558 g/mol. The molecule has 0 unspecified atom stereocenters. The van der Waals surface area contributed by atoms with Gasteiger partial charge in [0.25, 0.3) is 0 Å². The fourth-order valence-electron chi connectivity index (χ4n) is 4.07. The standard InChI is InChI=1S/C26H25O10PS/c1-31-16-10-9-14(11-18(16)36-37(28,29)30)26-23(22-17(32-2)7-6-8-21(22)38-26)24(27)15-12-19(33-3)25(35-5)20(13-15)34-4/h6-13H,1-5H3,(H2,28,29,30)/p-2. The van der Waals surface area contributed by atoms with Gasteiger partial charge in [0.15, 0.2) is 28.8 Å². The first kappa shape index (κ1) is 27.3. The van der Waals surface area contributed by atoms with Crippen molar-refractivity contribution in [3.63, 3.8) is 0 Å². The molecule has 0 fully saturated rings. The number of thiophene rings is 1. The Morgan fingerprint density at radius 1 is 0.763 bits per heavy atom. The van der Waals surface area contributed by atoms with Gasteiger partial charge in [0.1, 0.15) is 13.6 Å². The lowest BCUT2D eigenvalue weighted by Crippen LogP contribution is -2.18. The Morgan fingerprint density at radius 2 is 1.39 bits per heavy atom. The summed E-state index contributed by atoms with van der Waals surface area (Å²) in [5.74, 6) is 0.748. The van der Waals surface area contributed by atoms with E-state index >= 15 is 0 Å². The van der Waals surface area contributed by atoms with E-state index in [0.29, 0.717) is 44.4 Å². The zero-order chi connectivity index (χ0) is 27.6. The van der Waals surface area contributed by atoms with Crippen LogP contribution in [0.4, 0.5) is 0 Å². The summed E-state index contributed by atoms with van der Waals surface area (Å²) in [4.78, 5) is 37.4. The number of rotatable bonds is 10. The van der Waals surface area contributed by atoms with Gasteiger partial charge in [-0.05, 0) is 48.0 Å². The molecule has 0 atom stereocenters. The molecule has 0 saturated heterocycles. The third-order valence-electron chi connectivity index (χ3n) is 5.69. The molecule has 3 aromatic carbocycles. The van der Waals surface area contributed by atoms with Crippen LogP contribution in [0.25, 0.3) is 20.5 Å². The van der Waals surface area contributed by atoms with Crippen molar-refractivity contribution in [2.45, 2.75) is 0 Å². The Hall–Kier alpha value is -3.76. The Balaban J connectivity index is 2.00. The molecule has 4 aromatic rings. The first-order chi connectivity index (χ1) is 18.1. The fraction of sp³-hybridized carbons (Fsp3) is 0.192. The average Bonchev–Trinajstić information content (AvgIpc) is 3.30. The van der Waals surface area contributed by atoms with E-state index in [-0.39, 0.29) is 22.8 Å². The second kappa shape index (κ2) is 10.9.